The summed E-state index contributed by atoms with van der Waals surface area (Å²) in [4.78, 5) is 25.9. The maximum atomic E-state index is 12.1. The van der Waals surface area contributed by atoms with Gasteiger partial charge in [0.15, 0.2) is 6.33 Å². The van der Waals surface area contributed by atoms with Gasteiger partial charge in [0.25, 0.3) is 11.8 Å². The molecule has 2 aromatic heterocycles. The number of hydrogen-bond acceptors (Lipinski definition) is 8. The molecule has 1 amide bonds. The molecule has 9 heteroatoms. The molecule has 0 radical (unpaired) electrons. The molecule has 0 bridgehead atoms. The van der Waals surface area contributed by atoms with E-state index >= 15 is 0 Å². The van der Waals surface area contributed by atoms with Gasteiger partial charge in [0.2, 0.25) is 5.95 Å². The second kappa shape index (κ2) is 6.56. The number of rotatable bonds is 4. The van der Waals surface area contributed by atoms with E-state index in [1.165, 1.54) is 17.4 Å². The Morgan fingerprint density at radius 3 is 2.68 bits per heavy atom. The zero-order valence-corrected chi connectivity index (χ0v) is 14.0. The number of carbonyl (C=O) groups excluding carboxylic acids is 1. The van der Waals surface area contributed by atoms with E-state index in [0.29, 0.717) is 17.1 Å². The van der Waals surface area contributed by atoms with E-state index in [1.54, 1.807) is 26.2 Å². The first kappa shape index (κ1) is 16.4. The van der Waals surface area contributed by atoms with Crippen molar-refractivity contribution in [2.75, 3.05) is 25.1 Å². The number of benzene rings is 1. The van der Waals surface area contributed by atoms with Crippen molar-refractivity contribution in [1.29, 1.82) is 0 Å². The van der Waals surface area contributed by atoms with Crippen LogP contribution in [0, 0.1) is 6.92 Å². The van der Waals surface area contributed by atoms with Crippen LogP contribution in [-0.2, 0) is 0 Å². The Labute approximate surface area is 143 Å². The van der Waals surface area contributed by atoms with Crippen LogP contribution in [-0.4, -0.2) is 45.0 Å². The fraction of sp³-hybridized carbons (Fsp3) is 0.188. The smallest absolute Gasteiger partial charge is 0.262 e. The van der Waals surface area contributed by atoms with Crippen molar-refractivity contribution in [3.63, 3.8) is 0 Å². The normalized spacial score (nSPS) is 10.5. The van der Waals surface area contributed by atoms with Gasteiger partial charge in [0.05, 0.1) is 0 Å². The second-order valence-corrected chi connectivity index (χ2v) is 5.59. The van der Waals surface area contributed by atoms with Crippen LogP contribution in [0.15, 0.2) is 35.2 Å². The summed E-state index contributed by atoms with van der Waals surface area (Å²) >= 11 is 0. The molecule has 0 aliphatic rings. The van der Waals surface area contributed by atoms with Crippen LogP contribution >= 0.6 is 0 Å². The van der Waals surface area contributed by atoms with Gasteiger partial charge in [-0.3, -0.25) is 4.79 Å². The molecule has 128 valence electrons. The van der Waals surface area contributed by atoms with Crippen molar-refractivity contribution in [2.24, 2.45) is 0 Å². The van der Waals surface area contributed by atoms with Gasteiger partial charge in [0, 0.05) is 31.5 Å². The van der Waals surface area contributed by atoms with Crippen LogP contribution < -0.4 is 11.1 Å². The monoisotopic (exact) mass is 339 g/mol. The standard InChI is InChI=1S/C16H17N7O2/c1-9-6-10(4-5-11(9)15(24)23(2)3)21-16-18-7-12(13(17)22-16)14-19-8-20-25-14/h4-8H,1-3H3,(H3,17,18,21,22). The largest absolute Gasteiger partial charge is 0.383 e. The number of aromatic nitrogens is 4. The van der Waals surface area contributed by atoms with E-state index in [-0.39, 0.29) is 17.6 Å². The molecule has 0 aliphatic heterocycles. The minimum Gasteiger partial charge on any atom is -0.383 e. The van der Waals surface area contributed by atoms with E-state index in [2.05, 4.69) is 25.4 Å². The Kier molecular flexibility index (Phi) is 4.29. The zero-order valence-electron chi connectivity index (χ0n) is 14.0. The van der Waals surface area contributed by atoms with Gasteiger partial charge in [-0.15, -0.1) is 0 Å². The molecule has 3 aromatic rings. The molecular weight excluding hydrogens is 322 g/mol. The number of anilines is 3. The molecule has 9 nitrogen and oxygen atoms in total. The maximum absolute atomic E-state index is 12.1. The van der Waals surface area contributed by atoms with Gasteiger partial charge < -0.3 is 20.5 Å². The Bertz CT molecular complexity index is 907. The Hall–Kier alpha value is -3.49. The minimum atomic E-state index is -0.0477. The summed E-state index contributed by atoms with van der Waals surface area (Å²) in [5.74, 6) is 0.754. The predicted molar refractivity (Wildman–Crippen MR) is 92.2 cm³/mol. The molecule has 0 aliphatic carbocycles. The number of aryl methyl sites for hydroxylation is 1. The third-order valence-electron chi connectivity index (χ3n) is 3.53. The van der Waals surface area contributed by atoms with Crippen molar-refractivity contribution >= 4 is 23.4 Å². The van der Waals surface area contributed by atoms with E-state index in [0.717, 1.165) is 11.3 Å². The summed E-state index contributed by atoms with van der Waals surface area (Å²) in [6.45, 7) is 1.87. The molecule has 0 spiro atoms. The number of carbonyl (C=O) groups is 1. The highest BCUT2D eigenvalue weighted by Gasteiger charge is 2.13. The number of nitrogens with one attached hydrogen (secondary N) is 1. The number of hydrogen-bond donors (Lipinski definition) is 2. The van der Waals surface area contributed by atoms with Crippen LogP contribution in [0.4, 0.5) is 17.5 Å². The van der Waals surface area contributed by atoms with Crippen LogP contribution in [0.25, 0.3) is 11.5 Å². The fourth-order valence-corrected chi connectivity index (χ4v) is 2.26. The van der Waals surface area contributed by atoms with Gasteiger partial charge in [-0.25, -0.2) is 4.98 Å². The summed E-state index contributed by atoms with van der Waals surface area (Å²) in [7, 11) is 3.44. The molecule has 0 atom stereocenters. The molecule has 25 heavy (non-hydrogen) atoms. The summed E-state index contributed by atoms with van der Waals surface area (Å²) in [5, 5.41) is 6.59. The topological polar surface area (TPSA) is 123 Å². The lowest BCUT2D eigenvalue weighted by molar-refractivity contribution is 0.0827. The second-order valence-electron chi connectivity index (χ2n) is 5.59. The van der Waals surface area contributed by atoms with Crippen molar-refractivity contribution < 1.29 is 9.32 Å². The molecular formula is C16H17N7O2. The highest BCUT2D eigenvalue weighted by atomic mass is 16.5. The van der Waals surface area contributed by atoms with Crippen LogP contribution in [0.5, 0.6) is 0 Å². The Morgan fingerprint density at radius 1 is 1.28 bits per heavy atom. The fourth-order valence-electron chi connectivity index (χ4n) is 2.26. The molecule has 2 heterocycles. The minimum absolute atomic E-state index is 0.0477. The van der Waals surface area contributed by atoms with Crippen molar-refractivity contribution in [3.8, 4) is 11.5 Å². The quantitative estimate of drug-likeness (QED) is 0.738. The third kappa shape index (κ3) is 3.39. The van der Waals surface area contributed by atoms with E-state index in [4.69, 9.17) is 10.3 Å². The lowest BCUT2D eigenvalue weighted by Crippen LogP contribution is -2.22. The summed E-state index contributed by atoms with van der Waals surface area (Å²) in [5.41, 5.74) is 8.62. The van der Waals surface area contributed by atoms with Crippen molar-refractivity contribution in [2.45, 2.75) is 6.92 Å². The summed E-state index contributed by atoms with van der Waals surface area (Å²) in [6.07, 6.45) is 2.79. The molecule has 1 aromatic carbocycles. The molecule has 0 fully saturated rings. The average molecular weight is 339 g/mol. The molecule has 0 saturated carbocycles. The number of nitrogens with two attached hydrogens (primary N) is 1. The van der Waals surface area contributed by atoms with Crippen LogP contribution in [0.2, 0.25) is 0 Å². The lowest BCUT2D eigenvalue weighted by Gasteiger charge is -2.14. The predicted octanol–water partition coefficient (Wildman–Crippen LogP) is 1.86. The van der Waals surface area contributed by atoms with Crippen LogP contribution in [0.3, 0.4) is 0 Å². The molecule has 3 rings (SSSR count). The first-order chi connectivity index (χ1) is 12.0. The van der Waals surface area contributed by atoms with E-state index in [1.807, 2.05) is 13.0 Å². The van der Waals surface area contributed by atoms with Gasteiger partial charge in [0.1, 0.15) is 11.4 Å². The first-order valence-electron chi connectivity index (χ1n) is 7.44. The Balaban J connectivity index is 1.82. The number of nitrogen functional groups attached to an aromatic ring is 1. The van der Waals surface area contributed by atoms with Crippen LogP contribution in [0.1, 0.15) is 15.9 Å². The van der Waals surface area contributed by atoms with Gasteiger partial charge >= 0.3 is 0 Å². The third-order valence-corrected chi connectivity index (χ3v) is 3.53. The first-order valence-corrected chi connectivity index (χ1v) is 7.44. The Morgan fingerprint density at radius 2 is 2.08 bits per heavy atom. The van der Waals surface area contributed by atoms with Crippen molar-refractivity contribution in [3.05, 3.63) is 41.9 Å². The average Bonchev–Trinajstić information content (AvgIpc) is 3.08. The molecule has 3 N–H and O–H groups in total. The highest BCUT2D eigenvalue weighted by Crippen LogP contribution is 2.24. The van der Waals surface area contributed by atoms with Crippen molar-refractivity contribution in [1.82, 2.24) is 25.0 Å². The van der Waals surface area contributed by atoms with E-state index in [9.17, 15) is 4.79 Å². The zero-order chi connectivity index (χ0) is 18.0. The van der Waals surface area contributed by atoms with Gasteiger partial charge in [-0.05, 0) is 30.7 Å². The summed E-state index contributed by atoms with van der Waals surface area (Å²) in [6, 6.07) is 5.40. The lowest BCUT2D eigenvalue weighted by atomic mass is 10.1. The SMILES string of the molecule is Cc1cc(Nc2ncc(-c3ncno3)c(N)n2)ccc1C(=O)N(C)C. The number of nitrogens with zero attached hydrogens (tertiary/aromatic N) is 5. The molecule has 0 saturated heterocycles. The number of amides is 1. The van der Waals surface area contributed by atoms with E-state index < -0.39 is 0 Å². The molecule has 0 unspecified atom stereocenters. The summed E-state index contributed by atoms with van der Waals surface area (Å²) < 4.78 is 4.95. The highest BCUT2D eigenvalue weighted by molar-refractivity contribution is 5.95. The van der Waals surface area contributed by atoms with Gasteiger partial charge in [-0.2, -0.15) is 9.97 Å². The van der Waals surface area contributed by atoms with Gasteiger partial charge in [-0.1, -0.05) is 5.16 Å². The maximum Gasteiger partial charge on any atom is 0.262 e.